The Morgan fingerprint density at radius 3 is 2.50 bits per heavy atom. The normalized spacial score (nSPS) is 35.4. The third kappa shape index (κ3) is 1.18. The zero-order valence-corrected chi connectivity index (χ0v) is 6.34. The Balaban J connectivity index is 1.85. The summed E-state index contributed by atoms with van der Waals surface area (Å²) in [4.78, 5) is 0. The van der Waals surface area contributed by atoms with Crippen LogP contribution in [0.25, 0.3) is 0 Å². The average molecular weight is 139 g/mol. The van der Waals surface area contributed by atoms with Crippen molar-refractivity contribution >= 4 is 0 Å². The van der Waals surface area contributed by atoms with Crippen LogP contribution in [0.4, 0.5) is 0 Å². The summed E-state index contributed by atoms with van der Waals surface area (Å²) in [5.74, 6) is 0.950. The molecule has 57 valence electrons. The molecule has 0 bridgehead atoms. The van der Waals surface area contributed by atoms with Gasteiger partial charge in [0.25, 0.3) is 0 Å². The van der Waals surface area contributed by atoms with Crippen molar-refractivity contribution in [3.8, 4) is 0 Å². The van der Waals surface area contributed by atoms with Gasteiger partial charge in [0.2, 0.25) is 0 Å². The Kier molecular flexibility index (Phi) is 1.91. The third-order valence-electron chi connectivity index (χ3n) is 2.78. The van der Waals surface area contributed by atoms with E-state index in [1.54, 1.807) is 0 Å². The summed E-state index contributed by atoms with van der Waals surface area (Å²) < 4.78 is 0. The van der Waals surface area contributed by atoms with Gasteiger partial charge >= 0.3 is 0 Å². The summed E-state index contributed by atoms with van der Waals surface area (Å²) in [6, 6.07) is 0.738. The highest BCUT2D eigenvalue weighted by molar-refractivity contribution is 4.82. The second kappa shape index (κ2) is 2.89. The topological polar surface area (TPSA) is 26.1 Å². The van der Waals surface area contributed by atoms with Crippen LogP contribution in [0, 0.1) is 5.92 Å². The van der Waals surface area contributed by atoms with Crippen LogP contribution in [0.5, 0.6) is 0 Å². The molecular formula is C8H15N2. The lowest BCUT2D eigenvalue weighted by Crippen LogP contribution is -2.31. The second-order valence-electron chi connectivity index (χ2n) is 3.45. The van der Waals surface area contributed by atoms with Crippen LogP contribution in [0.15, 0.2) is 0 Å². The van der Waals surface area contributed by atoms with E-state index in [1.807, 2.05) is 0 Å². The first kappa shape index (κ1) is 6.62. The standard InChI is InChI=1S/C8H15N2/c1-2-4-7(3-1)8-5-6-9-10-8/h7-8,10H,1-6H2. The highest BCUT2D eigenvalue weighted by Crippen LogP contribution is 2.29. The van der Waals surface area contributed by atoms with Gasteiger partial charge < -0.3 is 0 Å². The molecule has 2 rings (SSSR count). The Morgan fingerprint density at radius 1 is 1.10 bits per heavy atom. The fourth-order valence-electron chi connectivity index (χ4n) is 2.15. The quantitative estimate of drug-likeness (QED) is 0.577. The van der Waals surface area contributed by atoms with Crippen LogP contribution in [0.3, 0.4) is 0 Å². The Hall–Kier alpha value is -0.0800. The molecule has 10 heavy (non-hydrogen) atoms. The summed E-state index contributed by atoms with van der Waals surface area (Å²) in [5.41, 5.74) is 7.38. The minimum absolute atomic E-state index is 0.738. The van der Waals surface area contributed by atoms with Gasteiger partial charge in [-0.05, 0) is 25.2 Å². The summed E-state index contributed by atoms with van der Waals surface area (Å²) in [5, 5.41) is 0. The lowest BCUT2D eigenvalue weighted by molar-refractivity contribution is 0.382. The van der Waals surface area contributed by atoms with E-state index < -0.39 is 0 Å². The maximum absolute atomic E-state index is 4.16. The van der Waals surface area contributed by atoms with Crippen LogP contribution in [0.1, 0.15) is 32.1 Å². The smallest absolute Gasteiger partial charge is 0.0319 e. The summed E-state index contributed by atoms with van der Waals surface area (Å²) in [6.07, 6.45) is 7.05. The van der Waals surface area contributed by atoms with Gasteiger partial charge in [-0.3, -0.25) is 0 Å². The molecule has 1 atom stereocenters. The van der Waals surface area contributed by atoms with Crippen LogP contribution >= 0.6 is 0 Å². The van der Waals surface area contributed by atoms with Gasteiger partial charge in [-0.2, -0.15) is 5.43 Å². The molecule has 2 heteroatoms. The first-order valence-electron chi connectivity index (χ1n) is 4.39. The molecule has 2 fully saturated rings. The molecule has 1 heterocycles. The van der Waals surface area contributed by atoms with E-state index in [9.17, 15) is 0 Å². The van der Waals surface area contributed by atoms with Crippen molar-refractivity contribution in [3.63, 3.8) is 0 Å². The summed E-state index contributed by atoms with van der Waals surface area (Å²) >= 11 is 0. The lowest BCUT2D eigenvalue weighted by Gasteiger charge is -2.15. The molecule has 0 aromatic carbocycles. The highest BCUT2D eigenvalue weighted by atomic mass is 15.4. The van der Waals surface area contributed by atoms with Crippen LogP contribution < -0.4 is 10.9 Å². The zero-order chi connectivity index (χ0) is 6.81. The minimum atomic E-state index is 0.738. The monoisotopic (exact) mass is 139 g/mol. The van der Waals surface area contributed by atoms with E-state index in [2.05, 4.69) is 10.9 Å². The summed E-state index contributed by atoms with van der Waals surface area (Å²) in [7, 11) is 0. The molecule has 2 aliphatic rings. The SMILES string of the molecule is C1CCC(C2CC[N]N2)C1. The van der Waals surface area contributed by atoms with Crippen molar-refractivity contribution in [3.05, 3.63) is 0 Å². The van der Waals surface area contributed by atoms with Crippen LogP contribution in [-0.4, -0.2) is 12.6 Å². The van der Waals surface area contributed by atoms with Crippen LogP contribution in [0.2, 0.25) is 0 Å². The highest BCUT2D eigenvalue weighted by Gasteiger charge is 2.27. The molecule has 0 amide bonds. The molecule has 0 spiro atoms. The first-order chi connectivity index (χ1) is 4.97. The fourth-order valence-corrected chi connectivity index (χ4v) is 2.15. The number of nitrogens with zero attached hydrogens (tertiary/aromatic N) is 1. The molecule has 1 aliphatic carbocycles. The van der Waals surface area contributed by atoms with Gasteiger partial charge in [-0.1, -0.05) is 12.8 Å². The van der Waals surface area contributed by atoms with Crippen molar-refractivity contribution in [1.29, 1.82) is 0 Å². The molecule has 1 aliphatic heterocycles. The summed E-state index contributed by atoms with van der Waals surface area (Å²) in [6.45, 7) is 1.04. The zero-order valence-electron chi connectivity index (χ0n) is 6.34. The average Bonchev–Trinajstić information content (AvgIpc) is 2.59. The van der Waals surface area contributed by atoms with Gasteiger partial charge in [0.15, 0.2) is 0 Å². The molecule has 1 saturated heterocycles. The third-order valence-corrected chi connectivity index (χ3v) is 2.78. The van der Waals surface area contributed by atoms with E-state index in [1.165, 1.54) is 32.1 Å². The number of hydrogen-bond acceptors (Lipinski definition) is 1. The number of nitrogens with one attached hydrogen (secondary N) is 1. The van der Waals surface area contributed by atoms with Gasteiger partial charge in [0.1, 0.15) is 0 Å². The first-order valence-corrected chi connectivity index (χ1v) is 4.39. The van der Waals surface area contributed by atoms with Gasteiger partial charge in [0, 0.05) is 12.6 Å². The lowest BCUT2D eigenvalue weighted by atomic mass is 9.97. The Bertz CT molecular complexity index is 87.8. The van der Waals surface area contributed by atoms with Crippen molar-refractivity contribution in [2.24, 2.45) is 5.92 Å². The molecule has 1 radical (unpaired) electrons. The van der Waals surface area contributed by atoms with Crippen molar-refractivity contribution < 1.29 is 0 Å². The molecule has 1 N–H and O–H groups in total. The Morgan fingerprint density at radius 2 is 1.90 bits per heavy atom. The Labute approximate surface area is 62.4 Å². The number of rotatable bonds is 1. The van der Waals surface area contributed by atoms with Crippen molar-refractivity contribution in [2.75, 3.05) is 6.54 Å². The predicted octanol–water partition coefficient (Wildman–Crippen LogP) is 1.06. The molecule has 1 saturated carbocycles. The molecule has 2 nitrogen and oxygen atoms in total. The van der Waals surface area contributed by atoms with E-state index in [4.69, 9.17) is 0 Å². The van der Waals surface area contributed by atoms with Gasteiger partial charge in [0.05, 0.1) is 0 Å². The number of hydrogen-bond donors (Lipinski definition) is 1. The largest absolute Gasteiger partial charge is 0.237 e. The van der Waals surface area contributed by atoms with E-state index >= 15 is 0 Å². The van der Waals surface area contributed by atoms with Crippen molar-refractivity contribution in [2.45, 2.75) is 38.1 Å². The maximum Gasteiger partial charge on any atom is 0.0319 e. The molecular weight excluding hydrogens is 124 g/mol. The van der Waals surface area contributed by atoms with E-state index in [0.29, 0.717) is 0 Å². The van der Waals surface area contributed by atoms with E-state index in [-0.39, 0.29) is 0 Å². The predicted molar refractivity (Wildman–Crippen MR) is 40.5 cm³/mol. The molecule has 0 aromatic rings. The fraction of sp³-hybridized carbons (Fsp3) is 1.00. The maximum atomic E-state index is 4.16. The van der Waals surface area contributed by atoms with Gasteiger partial charge in [-0.25, -0.2) is 5.43 Å². The van der Waals surface area contributed by atoms with Crippen LogP contribution in [-0.2, 0) is 0 Å². The van der Waals surface area contributed by atoms with Gasteiger partial charge in [-0.15, -0.1) is 0 Å². The van der Waals surface area contributed by atoms with Crippen molar-refractivity contribution in [1.82, 2.24) is 10.9 Å². The minimum Gasteiger partial charge on any atom is -0.237 e. The molecule has 0 aromatic heterocycles. The second-order valence-corrected chi connectivity index (χ2v) is 3.45. The molecule has 1 unspecified atom stereocenters. The van der Waals surface area contributed by atoms with E-state index in [0.717, 1.165) is 18.5 Å².